The van der Waals surface area contributed by atoms with Crippen molar-refractivity contribution in [1.82, 2.24) is 4.98 Å². The number of hydrogen-bond acceptors (Lipinski definition) is 5. The molecule has 0 atom stereocenters. The van der Waals surface area contributed by atoms with Gasteiger partial charge in [0.15, 0.2) is 0 Å². The summed E-state index contributed by atoms with van der Waals surface area (Å²) in [6.07, 6.45) is 0.935. The van der Waals surface area contributed by atoms with Gasteiger partial charge in [-0.3, -0.25) is 0 Å². The van der Waals surface area contributed by atoms with Crippen LogP contribution < -0.4 is 0 Å². The molecule has 0 fully saturated rings. The van der Waals surface area contributed by atoms with Crippen LogP contribution in [-0.2, 0) is 16.1 Å². The summed E-state index contributed by atoms with van der Waals surface area (Å²) in [6, 6.07) is 0. The Morgan fingerprint density at radius 3 is 2.81 bits per heavy atom. The number of carbonyl (C=O) groups is 1. The van der Waals surface area contributed by atoms with Crippen molar-refractivity contribution < 1.29 is 18.7 Å². The fourth-order valence-corrected chi connectivity index (χ4v) is 1.20. The van der Waals surface area contributed by atoms with E-state index in [4.69, 9.17) is 13.9 Å². The van der Waals surface area contributed by atoms with Gasteiger partial charge in [0.1, 0.15) is 6.61 Å². The van der Waals surface area contributed by atoms with Crippen molar-refractivity contribution in [1.29, 1.82) is 0 Å². The van der Waals surface area contributed by atoms with E-state index in [2.05, 4.69) is 4.98 Å². The average molecular weight is 227 g/mol. The van der Waals surface area contributed by atoms with Gasteiger partial charge in [-0.25, -0.2) is 9.78 Å². The lowest BCUT2D eigenvalue weighted by Crippen LogP contribution is -2.04. The first-order valence-electron chi connectivity index (χ1n) is 5.40. The fraction of sp³-hybridized carbons (Fsp3) is 0.636. The van der Waals surface area contributed by atoms with E-state index in [1.165, 1.54) is 0 Å². The molecule has 0 aromatic carbocycles. The predicted octanol–water partition coefficient (Wildman–Crippen LogP) is 2.09. The molecule has 0 bridgehead atoms. The largest absolute Gasteiger partial charge is 0.460 e. The standard InChI is InChI=1S/C11H17NO4/c1-4-6-14-7-9-12-8(3)10(16-9)11(13)15-5-2/h4-7H2,1-3H3. The normalized spacial score (nSPS) is 10.4. The number of hydrogen-bond donors (Lipinski definition) is 0. The topological polar surface area (TPSA) is 61.6 Å². The summed E-state index contributed by atoms with van der Waals surface area (Å²) in [6.45, 7) is 6.73. The van der Waals surface area contributed by atoms with Gasteiger partial charge >= 0.3 is 5.97 Å². The molecule has 1 heterocycles. The molecule has 0 aliphatic rings. The molecule has 1 aromatic rings. The van der Waals surface area contributed by atoms with Gasteiger partial charge in [0.2, 0.25) is 11.7 Å². The number of rotatable bonds is 6. The summed E-state index contributed by atoms with van der Waals surface area (Å²) in [5.41, 5.74) is 0.536. The molecule has 90 valence electrons. The van der Waals surface area contributed by atoms with Crippen LogP contribution in [0.1, 0.15) is 42.4 Å². The van der Waals surface area contributed by atoms with E-state index in [-0.39, 0.29) is 12.4 Å². The van der Waals surface area contributed by atoms with Crippen LogP contribution in [0.4, 0.5) is 0 Å². The number of ether oxygens (including phenoxy) is 2. The van der Waals surface area contributed by atoms with Crippen molar-refractivity contribution >= 4 is 5.97 Å². The number of oxazole rings is 1. The SMILES string of the molecule is CCCOCc1nc(C)c(C(=O)OCC)o1. The average Bonchev–Trinajstić information content (AvgIpc) is 2.61. The second-order valence-corrected chi connectivity index (χ2v) is 3.30. The van der Waals surface area contributed by atoms with Crippen molar-refractivity contribution in [2.24, 2.45) is 0 Å². The third kappa shape index (κ3) is 3.34. The Bertz CT molecular complexity index is 346. The summed E-state index contributed by atoms with van der Waals surface area (Å²) in [7, 11) is 0. The first-order chi connectivity index (χ1) is 7.69. The lowest BCUT2D eigenvalue weighted by Gasteiger charge is -1.98. The van der Waals surface area contributed by atoms with Gasteiger partial charge in [-0.2, -0.15) is 0 Å². The molecule has 0 unspecified atom stereocenters. The molecule has 5 nitrogen and oxygen atoms in total. The van der Waals surface area contributed by atoms with Crippen LogP contribution in [-0.4, -0.2) is 24.2 Å². The minimum Gasteiger partial charge on any atom is -0.460 e. The molecular weight excluding hydrogens is 210 g/mol. The molecule has 1 aromatic heterocycles. The maximum atomic E-state index is 11.4. The molecule has 0 saturated heterocycles. The Morgan fingerprint density at radius 1 is 1.44 bits per heavy atom. The van der Waals surface area contributed by atoms with E-state index in [0.717, 1.165) is 6.42 Å². The highest BCUT2D eigenvalue weighted by molar-refractivity contribution is 5.87. The Labute approximate surface area is 94.8 Å². The molecule has 0 saturated carbocycles. The van der Waals surface area contributed by atoms with Crippen LogP contribution in [0.5, 0.6) is 0 Å². The number of nitrogens with zero attached hydrogens (tertiary/aromatic N) is 1. The third-order valence-corrected chi connectivity index (χ3v) is 1.88. The molecule has 0 spiro atoms. The smallest absolute Gasteiger partial charge is 0.376 e. The highest BCUT2D eigenvalue weighted by Gasteiger charge is 2.18. The molecule has 0 aliphatic heterocycles. The van der Waals surface area contributed by atoms with E-state index in [9.17, 15) is 4.79 Å². The van der Waals surface area contributed by atoms with Gasteiger partial charge in [-0.1, -0.05) is 6.92 Å². The summed E-state index contributed by atoms with van der Waals surface area (Å²) < 4.78 is 15.4. The second kappa shape index (κ2) is 6.27. The molecule has 16 heavy (non-hydrogen) atoms. The zero-order valence-corrected chi connectivity index (χ0v) is 9.91. The van der Waals surface area contributed by atoms with Crippen LogP contribution in [0.25, 0.3) is 0 Å². The van der Waals surface area contributed by atoms with Crippen molar-refractivity contribution in [3.05, 3.63) is 17.3 Å². The van der Waals surface area contributed by atoms with Crippen LogP contribution >= 0.6 is 0 Å². The fourth-order valence-electron chi connectivity index (χ4n) is 1.20. The minimum atomic E-state index is -0.478. The van der Waals surface area contributed by atoms with Crippen LogP contribution in [0.2, 0.25) is 0 Å². The zero-order chi connectivity index (χ0) is 12.0. The number of aromatic nitrogens is 1. The van der Waals surface area contributed by atoms with E-state index in [1.54, 1.807) is 13.8 Å². The predicted molar refractivity (Wildman–Crippen MR) is 57.1 cm³/mol. The van der Waals surface area contributed by atoms with E-state index in [1.807, 2.05) is 6.92 Å². The van der Waals surface area contributed by atoms with E-state index >= 15 is 0 Å². The molecule has 5 heteroatoms. The Kier molecular flexibility index (Phi) is 4.98. The Balaban J connectivity index is 2.62. The maximum absolute atomic E-state index is 11.4. The molecule has 0 aliphatic carbocycles. The summed E-state index contributed by atoms with van der Waals surface area (Å²) >= 11 is 0. The van der Waals surface area contributed by atoms with Crippen molar-refractivity contribution in [2.75, 3.05) is 13.2 Å². The van der Waals surface area contributed by atoms with E-state index in [0.29, 0.717) is 24.8 Å². The summed E-state index contributed by atoms with van der Waals surface area (Å²) in [5.74, 6) is 0.0974. The van der Waals surface area contributed by atoms with Gasteiger partial charge in [0.05, 0.1) is 12.3 Å². The molecule has 0 N–H and O–H groups in total. The number of esters is 1. The maximum Gasteiger partial charge on any atom is 0.376 e. The molecule has 1 rings (SSSR count). The lowest BCUT2D eigenvalue weighted by atomic mass is 10.4. The van der Waals surface area contributed by atoms with Gasteiger partial charge in [-0.05, 0) is 20.3 Å². The highest BCUT2D eigenvalue weighted by atomic mass is 16.5. The van der Waals surface area contributed by atoms with Crippen molar-refractivity contribution in [3.8, 4) is 0 Å². The monoisotopic (exact) mass is 227 g/mol. The van der Waals surface area contributed by atoms with Crippen molar-refractivity contribution in [2.45, 2.75) is 33.8 Å². The Hall–Kier alpha value is -1.36. The first kappa shape index (κ1) is 12.7. The highest BCUT2D eigenvalue weighted by Crippen LogP contribution is 2.12. The Morgan fingerprint density at radius 2 is 2.19 bits per heavy atom. The lowest BCUT2D eigenvalue weighted by molar-refractivity contribution is 0.0477. The van der Waals surface area contributed by atoms with Crippen LogP contribution in [0.15, 0.2) is 4.42 Å². The molecule has 0 amide bonds. The first-order valence-corrected chi connectivity index (χ1v) is 5.40. The van der Waals surface area contributed by atoms with Crippen molar-refractivity contribution in [3.63, 3.8) is 0 Å². The third-order valence-electron chi connectivity index (χ3n) is 1.88. The minimum absolute atomic E-state index is 0.164. The number of carbonyl (C=O) groups excluding carboxylic acids is 1. The summed E-state index contributed by atoms with van der Waals surface area (Å²) in [5, 5.41) is 0. The summed E-state index contributed by atoms with van der Waals surface area (Å²) in [4.78, 5) is 15.5. The number of aryl methyl sites for hydroxylation is 1. The van der Waals surface area contributed by atoms with Crippen LogP contribution in [0.3, 0.4) is 0 Å². The van der Waals surface area contributed by atoms with Gasteiger partial charge in [0, 0.05) is 6.61 Å². The molecule has 0 radical (unpaired) electrons. The van der Waals surface area contributed by atoms with E-state index < -0.39 is 5.97 Å². The quantitative estimate of drug-likeness (QED) is 0.550. The van der Waals surface area contributed by atoms with Gasteiger partial charge in [-0.15, -0.1) is 0 Å². The second-order valence-electron chi connectivity index (χ2n) is 3.30. The van der Waals surface area contributed by atoms with Crippen LogP contribution in [0, 0.1) is 6.92 Å². The van der Waals surface area contributed by atoms with Gasteiger partial charge < -0.3 is 13.9 Å². The zero-order valence-electron chi connectivity index (χ0n) is 9.91. The molecular formula is C11H17NO4. The van der Waals surface area contributed by atoms with Gasteiger partial charge in [0.25, 0.3) is 0 Å².